The van der Waals surface area contributed by atoms with E-state index in [4.69, 9.17) is 0 Å². The molecule has 74 valence electrons. The lowest BCUT2D eigenvalue weighted by atomic mass is 10.2. The van der Waals surface area contributed by atoms with Gasteiger partial charge in [0.1, 0.15) is 11.6 Å². The van der Waals surface area contributed by atoms with Crippen LogP contribution in [0.1, 0.15) is 32.4 Å². The van der Waals surface area contributed by atoms with Gasteiger partial charge in [0.05, 0.1) is 5.33 Å². The number of aromatic nitrogens is 3. The Kier molecular flexibility index (Phi) is 3.90. The van der Waals surface area contributed by atoms with Crippen molar-refractivity contribution in [2.75, 3.05) is 0 Å². The third kappa shape index (κ3) is 2.53. The monoisotopic (exact) mass is 245 g/mol. The van der Waals surface area contributed by atoms with Gasteiger partial charge in [-0.25, -0.2) is 0 Å². The largest absolute Gasteiger partial charge is 0.314 e. The first-order valence-electron chi connectivity index (χ1n) is 4.66. The van der Waals surface area contributed by atoms with Gasteiger partial charge < -0.3 is 4.57 Å². The number of halogens is 1. The lowest BCUT2D eigenvalue weighted by molar-refractivity contribution is 0.499. The maximum absolute atomic E-state index is 4.14. The Labute approximate surface area is 87.7 Å². The van der Waals surface area contributed by atoms with Crippen LogP contribution in [0, 0.1) is 5.92 Å². The molecular formula is C9H16BrN3. The molecule has 13 heavy (non-hydrogen) atoms. The molecule has 0 unspecified atom stereocenters. The van der Waals surface area contributed by atoms with Crippen LogP contribution in [-0.2, 0) is 18.3 Å². The molecule has 0 saturated heterocycles. The fourth-order valence-corrected chi connectivity index (χ4v) is 1.72. The maximum Gasteiger partial charge on any atom is 0.143 e. The zero-order valence-corrected chi connectivity index (χ0v) is 10.0. The van der Waals surface area contributed by atoms with Gasteiger partial charge in [-0.2, -0.15) is 0 Å². The summed E-state index contributed by atoms with van der Waals surface area (Å²) >= 11 is 3.42. The number of aryl methyl sites for hydroxylation is 1. The minimum absolute atomic E-state index is 0.638. The van der Waals surface area contributed by atoms with E-state index in [0.717, 1.165) is 29.9 Å². The fraction of sp³-hybridized carbons (Fsp3) is 0.778. The normalized spacial score (nSPS) is 11.2. The van der Waals surface area contributed by atoms with E-state index in [0.29, 0.717) is 5.92 Å². The summed E-state index contributed by atoms with van der Waals surface area (Å²) in [7, 11) is 0. The Morgan fingerprint density at radius 3 is 2.38 bits per heavy atom. The highest BCUT2D eigenvalue weighted by Crippen LogP contribution is 2.10. The van der Waals surface area contributed by atoms with Crippen LogP contribution in [0.5, 0.6) is 0 Å². The Morgan fingerprint density at radius 2 is 1.92 bits per heavy atom. The summed E-state index contributed by atoms with van der Waals surface area (Å²) in [4.78, 5) is 0. The van der Waals surface area contributed by atoms with E-state index in [9.17, 15) is 0 Å². The quantitative estimate of drug-likeness (QED) is 0.763. The Balaban J connectivity index is 2.91. The van der Waals surface area contributed by atoms with E-state index >= 15 is 0 Å². The molecule has 0 aliphatic carbocycles. The zero-order chi connectivity index (χ0) is 9.84. The van der Waals surface area contributed by atoms with Crippen LogP contribution in [0.25, 0.3) is 0 Å². The van der Waals surface area contributed by atoms with Crippen molar-refractivity contribution in [3.05, 3.63) is 11.6 Å². The van der Waals surface area contributed by atoms with E-state index in [-0.39, 0.29) is 0 Å². The molecule has 0 aliphatic rings. The van der Waals surface area contributed by atoms with Gasteiger partial charge >= 0.3 is 0 Å². The first kappa shape index (κ1) is 10.7. The summed E-state index contributed by atoms with van der Waals surface area (Å²) < 4.78 is 2.21. The highest BCUT2D eigenvalue weighted by atomic mass is 79.9. The van der Waals surface area contributed by atoms with Crippen molar-refractivity contribution in [1.29, 1.82) is 0 Å². The summed E-state index contributed by atoms with van der Waals surface area (Å²) in [6.07, 6.45) is 0.951. The van der Waals surface area contributed by atoms with Gasteiger partial charge in [-0.05, 0) is 5.92 Å². The second-order valence-corrected chi connectivity index (χ2v) is 4.08. The third-order valence-electron chi connectivity index (χ3n) is 1.89. The van der Waals surface area contributed by atoms with Crippen LogP contribution in [0.2, 0.25) is 0 Å². The molecule has 0 spiro atoms. The number of rotatable bonds is 4. The standard InChI is InChI=1S/C9H16BrN3/c1-4-8-11-12-9(5-10)13(8)6-7(2)3/h7H,4-6H2,1-3H3. The summed E-state index contributed by atoms with van der Waals surface area (Å²) in [5, 5.41) is 9.05. The average molecular weight is 246 g/mol. The summed E-state index contributed by atoms with van der Waals surface area (Å²) in [5.74, 6) is 2.76. The molecule has 0 fully saturated rings. The van der Waals surface area contributed by atoms with Crippen molar-refractivity contribution < 1.29 is 0 Å². The lowest BCUT2D eigenvalue weighted by Gasteiger charge is -2.10. The Morgan fingerprint density at radius 1 is 1.31 bits per heavy atom. The maximum atomic E-state index is 4.14. The van der Waals surface area contributed by atoms with Crippen molar-refractivity contribution in [3.63, 3.8) is 0 Å². The van der Waals surface area contributed by atoms with Crippen molar-refractivity contribution in [3.8, 4) is 0 Å². The highest BCUT2D eigenvalue weighted by molar-refractivity contribution is 9.08. The third-order valence-corrected chi connectivity index (χ3v) is 2.39. The molecule has 1 heterocycles. The van der Waals surface area contributed by atoms with Gasteiger partial charge in [0, 0.05) is 13.0 Å². The molecule has 0 aliphatic heterocycles. The Hall–Kier alpha value is -0.380. The average Bonchev–Trinajstić information content (AvgIpc) is 2.46. The predicted molar refractivity (Wildman–Crippen MR) is 56.9 cm³/mol. The molecular weight excluding hydrogens is 230 g/mol. The molecule has 0 saturated carbocycles. The van der Waals surface area contributed by atoms with Crippen LogP contribution in [0.3, 0.4) is 0 Å². The SMILES string of the molecule is CCc1nnc(CBr)n1CC(C)C. The molecule has 4 heteroatoms. The zero-order valence-electron chi connectivity index (χ0n) is 8.42. The van der Waals surface area contributed by atoms with Crippen molar-refractivity contribution in [1.82, 2.24) is 14.8 Å². The molecule has 1 aromatic heterocycles. The van der Waals surface area contributed by atoms with Crippen molar-refractivity contribution >= 4 is 15.9 Å². The van der Waals surface area contributed by atoms with Crippen LogP contribution in [0.15, 0.2) is 0 Å². The molecule has 0 atom stereocenters. The first-order valence-corrected chi connectivity index (χ1v) is 5.78. The van der Waals surface area contributed by atoms with Gasteiger partial charge in [0.15, 0.2) is 0 Å². The number of alkyl halides is 1. The molecule has 0 amide bonds. The predicted octanol–water partition coefficient (Wildman–Crippen LogP) is 2.39. The molecule has 1 rings (SSSR count). The minimum atomic E-state index is 0.638. The van der Waals surface area contributed by atoms with E-state index in [1.165, 1.54) is 0 Å². The van der Waals surface area contributed by atoms with Crippen molar-refractivity contribution in [2.24, 2.45) is 5.92 Å². The van der Waals surface area contributed by atoms with Crippen LogP contribution in [0.4, 0.5) is 0 Å². The molecule has 1 aromatic rings. The van der Waals surface area contributed by atoms with Crippen LogP contribution >= 0.6 is 15.9 Å². The van der Waals surface area contributed by atoms with Gasteiger partial charge in [0.25, 0.3) is 0 Å². The number of nitrogens with zero attached hydrogens (tertiary/aromatic N) is 3. The van der Waals surface area contributed by atoms with E-state index in [2.05, 4.69) is 51.5 Å². The fourth-order valence-electron chi connectivity index (χ4n) is 1.31. The summed E-state index contributed by atoms with van der Waals surface area (Å²) in [5.41, 5.74) is 0. The van der Waals surface area contributed by atoms with Crippen LogP contribution in [-0.4, -0.2) is 14.8 Å². The van der Waals surface area contributed by atoms with E-state index in [1.807, 2.05) is 0 Å². The number of hydrogen-bond acceptors (Lipinski definition) is 2. The summed E-state index contributed by atoms with van der Waals surface area (Å²) in [6, 6.07) is 0. The van der Waals surface area contributed by atoms with Crippen LogP contribution < -0.4 is 0 Å². The molecule has 3 nitrogen and oxygen atoms in total. The van der Waals surface area contributed by atoms with Crippen molar-refractivity contribution in [2.45, 2.75) is 39.1 Å². The smallest absolute Gasteiger partial charge is 0.143 e. The van der Waals surface area contributed by atoms with Gasteiger partial charge in [0.2, 0.25) is 0 Å². The topological polar surface area (TPSA) is 30.7 Å². The molecule has 0 bridgehead atoms. The molecule has 0 N–H and O–H groups in total. The van der Waals surface area contributed by atoms with E-state index < -0.39 is 0 Å². The van der Waals surface area contributed by atoms with Gasteiger partial charge in [-0.15, -0.1) is 10.2 Å². The molecule has 0 aromatic carbocycles. The number of hydrogen-bond donors (Lipinski definition) is 0. The lowest BCUT2D eigenvalue weighted by Crippen LogP contribution is -2.10. The molecule has 0 radical (unpaired) electrons. The van der Waals surface area contributed by atoms with Gasteiger partial charge in [-0.1, -0.05) is 36.7 Å². The van der Waals surface area contributed by atoms with E-state index in [1.54, 1.807) is 0 Å². The second kappa shape index (κ2) is 4.74. The minimum Gasteiger partial charge on any atom is -0.314 e. The second-order valence-electron chi connectivity index (χ2n) is 3.52. The summed E-state index contributed by atoms with van der Waals surface area (Å²) in [6.45, 7) is 7.53. The first-order chi connectivity index (χ1) is 6.19. The highest BCUT2D eigenvalue weighted by Gasteiger charge is 2.09. The van der Waals surface area contributed by atoms with Gasteiger partial charge in [-0.3, -0.25) is 0 Å². The Bertz CT molecular complexity index is 246.